The number of nitrogens with zero attached hydrogens (tertiary/aromatic N) is 3. The summed E-state index contributed by atoms with van der Waals surface area (Å²) >= 11 is 1.29. The lowest BCUT2D eigenvalue weighted by molar-refractivity contribution is -0.141. The zero-order valence-electron chi connectivity index (χ0n) is 15.2. The summed E-state index contributed by atoms with van der Waals surface area (Å²) in [4.78, 5) is 28.7. The maximum Gasteiger partial charge on any atom is 0.309 e. The molecule has 0 unspecified atom stereocenters. The first kappa shape index (κ1) is 17.7. The van der Waals surface area contributed by atoms with Crippen LogP contribution in [0.15, 0.2) is 52.9 Å². The number of fused-ring (bicyclic) bond motifs is 1. The lowest BCUT2D eigenvalue weighted by Gasteiger charge is -2.00. The number of rotatable bonds is 5. The number of aromatic nitrogens is 3. The van der Waals surface area contributed by atoms with Crippen molar-refractivity contribution in [1.82, 2.24) is 15.2 Å². The van der Waals surface area contributed by atoms with Gasteiger partial charge in [-0.15, -0.1) is 21.5 Å². The Morgan fingerprint density at radius 3 is 2.76 bits per heavy atom. The van der Waals surface area contributed by atoms with Gasteiger partial charge in [0.15, 0.2) is 5.01 Å². The number of carbonyl (C=O) groups excluding carboxylic acids is 2. The predicted molar refractivity (Wildman–Crippen MR) is 106 cm³/mol. The molecular formula is C21H15N3O4S. The van der Waals surface area contributed by atoms with E-state index in [4.69, 9.17) is 9.15 Å². The molecule has 7 nitrogen and oxygen atoms in total. The molecule has 3 heterocycles. The van der Waals surface area contributed by atoms with Gasteiger partial charge < -0.3 is 9.15 Å². The highest BCUT2D eigenvalue weighted by molar-refractivity contribution is 7.20. The van der Waals surface area contributed by atoms with Gasteiger partial charge in [0.2, 0.25) is 5.89 Å². The summed E-state index contributed by atoms with van der Waals surface area (Å²) in [6.07, 6.45) is 0.894. The molecule has 2 aromatic heterocycles. The van der Waals surface area contributed by atoms with E-state index in [0.717, 1.165) is 21.3 Å². The molecule has 5 rings (SSSR count). The van der Waals surface area contributed by atoms with Crippen LogP contribution in [0, 0.1) is 5.92 Å². The van der Waals surface area contributed by atoms with Crippen LogP contribution in [0.1, 0.15) is 28.0 Å². The van der Waals surface area contributed by atoms with Crippen molar-refractivity contribution in [3.8, 4) is 11.1 Å². The van der Waals surface area contributed by atoms with Crippen molar-refractivity contribution in [3.05, 3.63) is 65.3 Å². The van der Waals surface area contributed by atoms with Gasteiger partial charge in [-0.25, -0.2) is 4.98 Å². The molecule has 1 fully saturated rings. The van der Waals surface area contributed by atoms with Gasteiger partial charge in [0, 0.05) is 6.42 Å². The number of ether oxygens (including phenoxy) is 1. The highest BCUT2D eigenvalue weighted by atomic mass is 32.1. The number of cyclic esters (lactones) is 1. The smallest absolute Gasteiger partial charge is 0.309 e. The molecule has 29 heavy (non-hydrogen) atoms. The molecule has 2 aromatic carbocycles. The lowest BCUT2D eigenvalue weighted by atomic mass is 10.1. The fraction of sp³-hybridized carbons (Fsp3) is 0.190. The molecule has 8 heteroatoms. The average molecular weight is 405 g/mol. The third kappa shape index (κ3) is 3.42. The second kappa shape index (κ2) is 7.21. The summed E-state index contributed by atoms with van der Waals surface area (Å²) < 4.78 is 11.3. The number of ketones is 1. The summed E-state index contributed by atoms with van der Waals surface area (Å²) in [6.45, 7) is 0.403. The zero-order chi connectivity index (χ0) is 19.8. The third-order valence-electron chi connectivity index (χ3n) is 4.82. The Hall–Kier alpha value is -3.39. The van der Waals surface area contributed by atoms with Gasteiger partial charge in [-0.05, 0) is 29.7 Å². The summed E-state index contributed by atoms with van der Waals surface area (Å²) in [5.41, 5.74) is 2.90. The average Bonchev–Trinajstić information content (AvgIpc) is 3.48. The molecular weight excluding hydrogens is 390 g/mol. The molecule has 0 radical (unpaired) electrons. The van der Waals surface area contributed by atoms with E-state index in [1.165, 1.54) is 11.3 Å². The minimum Gasteiger partial charge on any atom is -0.465 e. The van der Waals surface area contributed by atoms with Crippen LogP contribution >= 0.6 is 11.3 Å². The van der Waals surface area contributed by atoms with E-state index >= 15 is 0 Å². The van der Waals surface area contributed by atoms with Crippen LogP contribution in [0.2, 0.25) is 0 Å². The summed E-state index contributed by atoms with van der Waals surface area (Å²) in [6, 6.07) is 15.9. The number of carbonyl (C=O) groups is 2. The normalized spacial score (nSPS) is 16.3. The van der Waals surface area contributed by atoms with E-state index < -0.39 is 5.78 Å². The van der Waals surface area contributed by atoms with E-state index in [-0.39, 0.29) is 30.1 Å². The Bertz CT molecular complexity index is 1220. The van der Waals surface area contributed by atoms with Crippen molar-refractivity contribution in [2.75, 3.05) is 6.61 Å². The largest absolute Gasteiger partial charge is 0.465 e. The Balaban J connectivity index is 1.39. The predicted octanol–water partition coefficient (Wildman–Crippen LogP) is 3.68. The van der Waals surface area contributed by atoms with Crippen molar-refractivity contribution >= 4 is 33.3 Å². The molecule has 0 N–H and O–H groups in total. The van der Waals surface area contributed by atoms with Crippen LogP contribution in [0.3, 0.4) is 0 Å². The Kier molecular flexibility index (Phi) is 4.40. The molecule has 0 bridgehead atoms. The highest BCUT2D eigenvalue weighted by Crippen LogP contribution is 2.29. The Morgan fingerprint density at radius 1 is 1.10 bits per heavy atom. The fourth-order valence-corrected chi connectivity index (χ4v) is 4.22. The minimum absolute atomic E-state index is 0.117. The topological polar surface area (TPSA) is 95.2 Å². The number of esters is 1. The number of benzene rings is 2. The van der Waals surface area contributed by atoms with Gasteiger partial charge in [-0.1, -0.05) is 36.4 Å². The zero-order valence-corrected chi connectivity index (χ0v) is 16.0. The maximum atomic E-state index is 12.7. The van der Waals surface area contributed by atoms with Crippen LogP contribution in [-0.4, -0.2) is 33.5 Å². The second-order valence-corrected chi connectivity index (χ2v) is 7.79. The summed E-state index contributed by atoms with van der Waals surface area (Å²) in [7, 11) is 0. The van der Waals surface area contributed by atoms with E-state index in [9.17, 15) is 9.59 Å². The fourth-order valence-electron chi connectivity index (χ4n) is 3.28. The number of hydrogen-bond donors (Lipinski definition) is 0. The Morgan fingerprint density at radius 2 is 1.97 bits per heavy atom. The first-order valence-electron chi connectivity index (χ1n) is 9.17. The molecule has 4 aromatic rings. The first-order valence-corrected chi connectivity index (χ1v) is 9.99. The summed E-state index contributed by atoms with van der Waals surface area (Å²) in [5, 5.41) is 8.04. The maximum absolute atomic E-state index is 12.7. The highest BCUT2D eigenvalue weighted by Gasteiger charge is 2.29. The molecule has 0 spiro atoms. The van der Waals surface area contributed by atoms with Crippen LogP contribution in [0.5, 0.6) is 0 Å². The van der Waals surface area contributed by atoms with Crippen molar-refractivity contribution < 1.29 is 18.7 Å². The molecule has 144 valence electrons. The van der Waals surface area contributed by atoms with Crippen molar-refractivity contribution in [3.63, 3.8) is 0 Å². The van der Waals surface area contributed by atoms with Gasteiger partial charge in [0.05, 0.1) is 22.7 Å². The SMILES string of the molecule is O=C(c1nnc(C[C@H]2CCOC2=O)o1)c1nc2ccc(-c3ccccc3)cc2s1. The van der Waals surface area contributed by atoms with Crippen LogP contribution < -0.4 is 0 Å². The van der Waals surface area contributed by atoms with Gasteiger partial charge in [-0.2, -0.15) is 0 Å². The molecule has 0 amide bonds. The standard InChI is InChI=1S/C21H15N3O4S/c25-18(19-24-23-17(28-19)11-14-8-9-27-21(14)26)20-22-15-7-6-13(10-16(15)29-20)12-4-2-1-3-5-12/h1-7,10,14H,8-9,11H2/t14-/m1/s1. The molecule has 1 atom stereocenters. The van der Waals surface area contributed by atoms with Gasteiger partial charge in [0.1, 0.15) is 0 Å². The Labute approximate surface area is 169 Å². The molecule has 1 aliphatic heterocycles. The van der Waals surface area contributed by atoms with Crippen LogP contribution in [0.25, 0.3) is 21.3 Å². The third-order valence-corrected chi connectivity index (χ3v) is 5.83. The number of thiazole rings is 1. The quantitative estimate of drug-likeness (QED) is 0.369. The van der Waals surface area contributed by atoms with Crippen LogP contribution in [-0.2, 0) is 16.0 Å². The van der Waals surface area contributed by atoms with Crippen LogP contribution in [0.4, 0.5) is 0 Å². The molecule has 1 aliphatic rings. The van der Waals surface area contributed by atoms with E-state index in [0.29, 0.717) is 18.0 Å². The van der Waals surface area contributed by atoms with E-state index in [1.807, 2.05) is 48.5 Å². The summed E-state index contributed by atoms with van der Waals surface area (Å²) in [5.74, 6) is -0.840. The second-order valence-electron chi connectivity index (χ2n) is 6.75. The van der Waals surface area contributed by atoms with Crippen molar-refractivity contribution in [2.24, 2.45) is 5.92 Å². The van der Waals surface area contributed by atoms with E-state index in [2.05, 4.69) is 15.2 Å². The monoisotopic (exact) mass is 405 g/mol. The van der Waals surface area contributed by atoms with Crippen molar-refractivity contribution in [1.29, 1.82) is 0 Å². The minimum atomic E-state index is -0.416. The molecule has 0 saturated carbocycles. The van der Waals surface area contributed by atoms with Gasteiger partial charge in [0.25, 0.3) is 11.7 Å². The molecule has 1 saturated heterocycles. The van der Waals surface area contributed by atoms with Gasteiger partial charge in [-0.3, -0.25) is 9.59 Å². The lowest BCUT2D eigenvalue weighted by Crippen LogP contribution is -2.10. The van der Waals surface area contributed by atoms with Gasteiger partial charge >= 0.3 is 5.97 Å². The molecule has 0 aliphatic carbocycles. The van der Waals surface area contributed by atoms with Crippen molar-refractivity contribution in [2.45, 2.75) is 12.8 Å². The van der Waals surface area contributed by atoms with E-state index in [1.54, 1.807) is 0 Å². The first-order chi connectivity index (χ1) is 14.2. The number of hydrogen-bond acceptors (Lipinski definition) is 8.